The van der Waals surface area contributed by atoms with Crippen molar-refractivity contribution in [3.63, 3.8) is 0 Å². The molecule has 5 rings (SSSR count). The molecule has 0 bridgehead atoms. The molecule has 1 aromatic heterocycles. The van der Waals surface area contributed by atoms with Crippen LogP contribution >= 0.6 is 11.3 Å². The van der Waals surface area contributed by atoms with E-state index in [0.717, 1.165) is 15.8 Å². The molecule has 10 heteroatoms. The second-order valence-corrected chi connectivity index (χ2v) is 10.5. The number of fused-ring (bicyclic) bond motifs is 2. The molecular weight excluding hydrogens is 486 g/mol. The van der Waals surface area contributed by atoms with Gasteiger partial charge in [-0.2, -0.15) is 4.99 Å². The highest BCUT2D eigenvalue weighted by Crippen LogP contribution is 2.37. The molecule has 176 valence electrons. The van der Waals surface area contributed by atoms with Gasteiger partial charge in [0.25, 0.3) is 15.9 Å². The number of rotatable bonds is 5. The van der Waals surface area contributed by atoms with Crippen LogP contribution in [0.3, 0.4) is 0 Å². The lowest BCUT2D eigenvalue weighted by Gasteiger charge is -2.09. The van der Waals surface area contributed by atoms with Crippen LogP contribution in [0, 0.1) is 19.3 Å². The fourth-order valence-electron chi connectivity index (χ4n) is 3.59. The van der Waals surface area contributed by atoms with E-state index in [9.17, 15) is 13.2 Å². The van der Waals surface area contributed by atoms with Gasteiger partial charge in [-0.3, -0.25) is 9.52 Å². The first-order chi connectivity index (χ1) is 16.8. The summed E-state index contributed by atoms with van der Waals surface area (Å²) in [6.07, 6.45) is 5.56. The number of carbonyl (C=O) groups excluding carboxylic acids is 1. The van der Waals surface area contributed by atoms with E-state index in [1.54, 1.807) is 34.9 Å². The predicted molar refractivity (Wildman–Crippen MR) is 133 cm³/mol. The summed E-state index contributed by atoms with van der Waals surface area (Å²) in [4.78, 5) is 17.8. The molecule has 1 N–H and O–H groups in total. The molecule has 0 fully saturated rings. The molecule has 0 spiro atoms. The number of amides is 1. The van der Waals surface area contributed by atoms with Crippen LogP contribution in [0.4, 0.5) is 5.69 Å². The zero-order valence-electron chi connectivity index (χ0n) is 18.5. The van der Waals surface area contributed by atoms with Crippen molar-refractivity contribution in [2.24, 2.45) is 4.99 Å². The molecule has 35 heavy (non-hydrogen) atoms. The molecule has 0 unspecified atom stereocenters. The zero-order valence-corrected chi connectivity index (χ0v) is 20.2. The van der Waals surface area contributed by atoms with Gasteiger partial charge in [-0.1, -0.05) is 41.0 Å². The molecular formula is C25H19N3O5S2. The van der Waals surface area contributed by atoms with E-state index in [1.807, 2.05) is 19.1 Å². The van der Waals surface area contributed by atoms with E-state index in [4.69, 9.17) is 15.9 Å². The van der Waals surface area contributed by atoms with Crippen LogP contribution < -0.4 is 19.0 Å². The minimum atomic E-state index is -3.81. The lowest BCUT2D eigenvalue weighted by atomic mass is 10.2. The van der Waals surface area contributed by atoms with Gasteiger partial charge >= 0.3 is 0 Å². The first-order valence-electron chi connectivity index (χ1n) is 10.5. The Bertz CT molecular complexity index is 1680. The summed E-state index contributed by atoms with van der Waals surface area (Å²) < 4.78 is 41.5. The van der Waals surface area contributed by atoms with Gasteiger partial charge in [-0.05, 0) is 37.3 Å². The van der Waals surface area contributed by atoms with E-state index >= 15 is 0 Å². The van der Waals surface area contributed by atoms with E-state index in [2.05, 4.69) is 15.6 Å². The van der Waals surface area contributed by atoms with Crippen LogP contribution in [-0.4, -0.2) is 25.7 Å². The topological polar surface area (TPSA) is 99.0 Å². The molecule has 1 aliphatic rings. The second-order valence-electron chi connectivity index (χ2n) is 7.76. The van der Waals surface area contributed by atoms with Gasteiger partial charge in [0.15, 0.2) is 16.3 Å². The summed E-state index contributed by atoms with van der Waals surface area (Å²) in [7, 11) is -3.81. The quantitative estimate of drug-likeness (QED) is 0.415. The summed E-state index contributed by atoms with van der Waals surface area (Å²) in [5, 5.41) is 0. The number of thiazole rings is 1. The molecule has 0 saturated carbocycles. The minimum absolute atomic E-state index is 0.130. The van der Waals surface area contributed by atoms with Crippen LogP contribution in [-0.2, 0) is 16.6 Å². The van der Waals surface area contributed by atoms with Gasteiger partial charge in [0.2, 0.25) is 6.79 Å². The maximum atomic E-state index is 13.0. The third-order valence-electron chi connectivity index (χ3n) is 5.32. The number of ether oxygens (including phenoxy) is 2. The normalized spacial score (nSPS) is 13.1. The van der Waals surface area contributed by atoms with Crippen molar-refractivity contribution in [1.82, 2.24) is 4.57 Å². The van der Waals surface area contributed by atoms with E-state index in [1.165, 1.54) is 29.5 Å². The molecule has 0 aliphatic carbocycles. The largest absolute Gasteiger partial charge is 0.454 e. The lowest BCUT2D eigenvalue weighted by Crippen LogP contribution is -2.17. The smallest absolute Gasteiger partial charge is 0.279 e. The molecule has 2 heterocycles. The van der Waals surface area contributed by atoms with E-state index in [0.29, 0.717) is 16.3 Å². The summed E-state index contributed by atoms with van der Waals surface area (Å²) >= 11 is 1.30. The Kier molecular flexibility index (Phi) is 5.80. The zero-order chi connectivity index (χ0) is 24.6. The number of terminal acetylenes is 1. The van der Waals surface area contributed by atoms with Crippen LogP contribution in [0.25, 0.3) is 10.2 Å². The monoisotopic (exact) mass is 505 g/mol. The second kappa shape index (κ2) is 8.94. The summed E-state index contributed by atoms with van der Waals surface area (Å²) in [5.41, 5.74) is 2.22. The molecule has 1 aliphatic heterocycles. The standard InChI is InChI=1S/C25H19N3O5S2/c1-3-11-28-20-13-21-22(33-15-32-21)14-23(20)34-25(28)26-24(29)17-5-4-6-18(12-17)27-35(30,31)19-9-7-16(2)8-10-19/h1,4-10,12-14,27H,11,15H2,2H3. The molecule has 8 nitrogen and oxygen atoms in total. The van der Waals surface area contributed by atoms with Crippen LogP contribution in [0.1, 0.15) is 15.9 Å². The molecule has 4 aromatic rings. The Morgan fingerprint density at radius 2 is 1.89 bits per heavy atom. The number of hydrogen-bond donors (Lipinski definition) is 1. The first kappa shape index (κ1) is 22.7. The van der Waals surface area contributed by atoms with Crippen molar-refractivity contribution < 1.29 is 22.7 Å². The van der Waals surface area contributed by atoms with Crippen molar-refractivity contribution in [3.05, 3.63) is 76.6 Å². The van der Waals surface area contributed by atoms with Crippen LogP contribution in [0.5, 0.6) is 11.5 Å². The van der Waals surface area contributed by atoms with E-state index < -0.39 is 15.9 Å². The van der Waals surface area contributed by atoms with Gasteiger partial charge in [0.05, 0.1) is 21.7 Å². The SMILES string of the molecule is C#CCn1c(=NC(=O)c2cccc(NS(=O)(=O)c3ccc(C)cc3)c2)sc2cc3c(cc21)OCO3. The Morgan fingerprint density at radius 1 is 1.14 bits per heavy atom. The van der Waals surface area contributed by atoms with Gasteiger partial charge in [-0.15, -0.1) is 6.42 Å². The third kappa shape index (κ3) is 4.51. The molecule has 0 saturated heterocycles. The number of benzene rings is 3. The van der Waals surface area contributed by atoms with E-state index in [-0.39, 0.29) is 29.5 Å². The number of carbonyl (C=O) groups is 1. The van der Waals surface area contributed by atoms with Gasteiger partial charge < -0.3 is 14.0 Å². The van der Waals surface area contributed by atoms with Crippen molar-refractivity contribution in [3.8, 4) is 23.8 Å². The third-order valence-corrected chi connectivity index (χ3v) is 7.76. The Labute approximate surface area is 205 Å². The highest BCUT2D eigenvalue weighted by molar-refractivity contribution is 7.92. The number of sulfonamides is 1. The van der Waals surface area contributed by atoms with Crippen LogP contribution in [0.2, 0.25) is 0 Å². The Hall–Kier alpha value is -4.07. The Morgan fingerprint density at radius 3 is 2.63 bits per heavy atom. The highest BCUT2D eigenvalue weighted by Gasteiger charge is 2.18. The predicted octanol–water partition coefficient (Wildman–Crippen LogP) is 3.92. The Balaban J connectivity index is 1.48. The average Bonchev–Trinajstić information content (AvgIpc) is 3.42. The molecule has 0 atom stereocenters. The fourth-order valence-corrected chi connectivity index (χ4v) is 5.68. The number of aromatic nitrogens is 1. The number of aryl methyl sites for hydroxylation is 1. The highest BCUT2D eigenvalue weighted by atomic mass is 32.2. The molecule has 0 radical (unpaired) electrons. The lowest BCUT2D eigenvalue weighted by molar-refractivity contribution is 0.0998. The maximum absolute atomic E-state index is 13.0. The summed E-state index contributed by atoms with van der Waals surface area (Å²) in [6, 6.07) is 16.3. The average molecular weight is 506 g/mol. The molecule has 3 aromatic carbocycles. The maximum Gasteiger partial charge on any atom is 0.279 e. The van der Waals surface area contributed by atoms with Crippen molar-refractivity contribution in [2.75, 3.05) is 11.5 Å². The van der Waals surface area contributed by atoms with Crippen molar-refractivity contribution in [2.45, 2.75) is 18.4 Å². The van der Waals surface area contributed by atoms with Gasteiger partial charge in [-0.25, -0.2) is 8.42 Å². The summed E-state index contributed by atoms with van der Waals surface area (Å²) in [5.74, 6) is 3.29. The van der Waals surface area contributed by atoms with Gasteiger partial charge in [0.1, 0.15) is 0 Å². The number of hydrogen-bond acceptors (Lipinski definition) is 6. The van der Waals surface area contributed by atoms with Crippen molar-refractivity contribution >= 4 is 43.2 Å². The number of anilines is 1. The van der Waals surface area contributed by atoms with Gasteiger partial charge in [0, 0.05) is 23.4 Å². The van der Waals surface area contributed by atoms with Crippen molar-refractivity contribution in [1.29, 1.82) is 0 Å². The van der Waals surface area contributed by atoms with Crippen LogP contribution in [0.15, 0.2) is 70.6 Å². The fraction of sp³-hybridized carbons (Fsp3) is 0.120. The minimum Gasteiger partial charge on any atom is -0.454 e. The molecule has 1 amide bonds. The number of nitrogens with one attached hydrogen (secondary N) is 1. The summed E-state index contributed by atoms with van der Waals surface area (Å²) in [6.45, 7) is 2.24. The first-order valence-corrected chi connectivity index (χ1v) is 12.8. The number of nitrogens with zero attached hydrogens (tertiary/aromatic N) is 2.